The Morgan fingerprint density at radius 3 is 2.30 bits per heavy atom. The lowest BCUT2D eigenvalue weighted by Gasteiger charge is -2.36. The van der Waals surface area contributed by atoms with Gasteiger partial charge in [0.1, 0.15) is 5.75 Å². The molecule has 1 saturated heterocycles. The zero-order valence-electron chi connectivity index (χ0n) is 13.6. The highest BCUT2D eigenvalue weighted by Crippen LogP contribution is 2.32. The molecule has 1 aliphatic rings. The molecule has 1 heterocycles. The summed E-state index contributed by atoms with van der Waals surface area (Å²) in [7, 11) is 1.69. The first-order chi connectivity index (χ1) is 11.3. The molecule has 0 atom stereocenters. The van der Waals surface area contributed by atoms with E-state index in [-0.39, 0.29) is 6.61 Å². The van der Waals surface area contributed by atoms with Crippen LogP contribution in [0.2, 0.25) is 0 Å². The molecule has 23 heavy (non-hydrogen) atoms. The van der Waals surface area contributed by atoms with E-state index < -0.39 is 0 Å². The number of para-hydroxylation sites is 1. The lowest BCUT2D eigenvalue weighted by Crippen LogP contribution is -2.47. The number of anilines is 1. The number of β-amino-alcohol motifs (C(OH)–C–C–N with tert-alkyl or cyclic N) is 1. The van der Waals surface area contributed by atoms with Gasteiger partial charge in [-0.05, 0) is 23.8 Å². The number of ether oxygens (including phenoxy) is 1. The van der Waals surface area contributed by atoms with Crippen LogP contribution in [-0.2, 0) is 0 Å². The second kappa shape index (κ2) is 7.49. The van der Waals surface area contributed by atoms with Gasteiger partial charge in [0, 0.05) is 44.0 Å². The highest BCUT2D eigenvalue weighted by molar-refractivity contribution is 5.79. The second-order valence-corrected chi connectivity index (χ2v) is 5.80. The first kappa shape index (κ1) is 15.8. The highest BCUT2D eigenvalue weighted by atomic mass is 16.5. The Balaban J connectivity index is 1.81. The Bertz CT molecular complexity index is 620. The summed E-state index contributed by atoms with van der Waals surface area (Å²) in [6, 6.07) is 16.8. The van der Waals surface area contributed by atoms with Crippen molar-refractivity contribution in [3.8, 4) is 16.9 Å². The highest BCUT2D eigenvalue weighted by Gasteiger charge is 2.19. The van der Waals surface area contributed by atoms with Crippen LogP contribution < -0.4 is 9.64 Å². The van der Waals surface area contributed by atoms with Crippen molar-refractivity contribution in [2.24, 2.45) is 0 Å². The van der Waals surface area contributed by atoms with Crippen molar-refractivity contribution in [2.45, 2.75) is 0 Å². The molecule has 3 rings (SSSR count). The van der Waals surface area contributed by atoms with E-state index in [1.54, 1.807) is 7.11 Å². The summed E-state index contributed by atoms with van der Waals surface area (Å²) in [5, 5.41) is 9.07. The van der Waals surface area contributed by atoms with Gasteiger partial charge >= 0.3 is 0 Å². The molecule has 0 unspecified atom stereocenters. The summed E-state index contributed by atoms with van der Waals surface area (Å²) >= 11 is 0. The molecular formula is C19H24N2O2. The van der Waals surface area contributed by atoms with Gasteiger partial charge in [0.15, 0.2) is 0 Å². The molecule has 4 nitrogen and oxygen atoms in total. The molecule has 2 aromatic rings. The van der Waals surface area contributed by atoms with Crippen LogP contribution in [0.3, 0.4) is 0 Å². The Morgan fingerprint density at radius 1 is 0.957 bits per heavy atom. The van der Waals surface area contributed by atoms with E-state index in [0.717, 1.165) is 38.5 Å². The minimum absolute atomic E-state index is 0.239. The maximum atomic E-state index is 9.07. The molecule has 4 heteroatoms. The number of piperazine rings is 1. The fraction of sp³-hybridized carbons (Fsp3) is 0.368. The van der Waals surface area contributed by atoms with Crippen LogP contribution in [0.25, 0.3) is 11.1 Å². The van der Waals surface area contributed by atoms with Crippen LogP contribution in [0.5, 0.6) is 5.75 Å². The fourth-order valence-electron chi connectivity index (χ4n) is 3.12. The molecule has 0 amide bonds. The van der Waals surface area contributed by atoms with Gasteiger partial charge in [-0.15, -0.1) is 0 Å². The molecule has 0 saturated carbocycles. The van der Waals surface area contributed by atoms with Crippen LogP contribution in [0, 0.1) is 0 Å². The number of hydrogen-bond acceptors (Lipinski definition) is 4. The van der Waals surface area contributed by atoms with E-state index in [1.807, 2.05) is 12.1 Å². The normalized spacial score (nSPS) is 15.7. The van der Waals surface area contributed by atoms with Crippen molar-refractivity contribution < 1.29 is 9.84 Å². The Kier molecular flexibility index (Phi) is 5.16. The van der Waals surface area contributed by atoms with Crippen molar-refractivity contribution in [3.63, 3.8) is 0 Å². The van der Waals surface area contributed by atoms with Crippen molar-refractivity contribution in [3.05, 3.63) is 48.5 Å². The van der Waals surface area contributed by atoms with Crippen molar-refractivity contribution in [2.75, 3.05) is 51.3 Å². The van der Waals surface area contributed by atoms with E-state index in [1.165, 1.54) is 16.8 Å². The fourth-order valence-corrected chi connectivity index (χ4v) is 3.12. The largest absolute Gasteiger partial charge is 0.497 e. The molecular weight excluding hydrogens is 288 g/mol. The third-order valence-electron chi connectivity index (χ3n) is 4.43. The maximum Gasteiger partial charge on any atom is 0.118 e. The number of hydrogen-bond donors (Lipinski definition) is 1. The first-order valence-electron chi connectivity index (χ1n) is 8.13. The van der Waals surface area contributed by atoms with Gasteiger partial charge < -0.3 is 14.7 Å². The van der Waals surface area contributed by atoms with Crippen molar-refractivity contribution >= 4 is 5.69 Å². The van der Waals surface area contributed by atoms with E-state index in [4.69, 9.17) is 9.84 Å². The predicted molar refractivity (Wildman–Crippen MR) is 94.2 cm³/mol. The Labute approximate surface area is 137 Å². The van der Waals surface area contributed by atoms with Crippen LogP contribution in [0.15, 0.2) is 48.5 Å². The number of nitrogens with zero attached hydrogens (tertiary/aromatic N) is 2. The van der Waals surface area contributed by atoms with Gasteiger partial charge in [-0.2, -0.15) is 0 Å². The summed E-state index contributed by atoms with van der Waals surface area (Å²) < 4.78 is 5.25. The number of benzene rings is 2. The maximum absolute atomic E-state index is 9.07. The molecule has 0 aromatic heterocycles. The monoisotopic (exact) mass is 312 g/mol. The lowest BCUT2D eigenvalue weighted by atomic mass is 10.0. The van der Waals surface area contributed by atoms with Crippen molar-refractivity contribution in [1.29, 1.82) is 0 Å². The predicted octanol–water partition coefficient (Wildman–Crippen LogP) is 2.48. The minimum atomic E-state index is 0.239. The number of aliphatic hydroxyl groups excluding tert-OH is 1. The van der Waals surface area contributed by atoms with Crippen molar-refractivity contribution in [1.82, 2.24) is 4.90 Å². The van der Waals surface area contributed by atoms with Gasteiger partial charge in [0.05, 0.1) is 13.7 Å². The summed E-state index contributed by atoms with van der Waals surface area (Å²) in [6.07, 6.45) is 0. The van der Waals surface area contributed by atoms with E-state index in [2.05, 4.69) is 46.2 Å². The summed E-state index contributed by atoms with van der Waals surface area (Å²) in [5.41, 5.74) is 3.74. The minimum Gasteiger partial charge on any atom is -0.497 e. The number of aliphatic hydroxyl groups is 1. The molecule has 1 fully saturated rings. The number of methoxy groups -OCH3 is 1. The molecule has 1 N–H and O–H groups in total. The quantitative estimate of drug-likeness (QED) is 0.920. The second-order valence-electron chi connectivity index (χ2n) is 5.80. The van der Waals surface area contributed by atoms with Crippen LogP contribution in [0.4, 0.5) is 5.69 Å². The van der Waals surface area contributed by atoms with Gasteiger partial charge in [0.2, 0.25) is 0 Å². The molecule has 2 aromatic carbocycles. The summed E-state index contributed by atoms with van der Waals surface area (Å²) in [6.45, 7) is 4.99. The Hall–Kier alpha value is -2.04. The first-order valence-corrected chi connectivity index (χ1v) is 8.13. The van der Waals surface area contributed by atoms with Gasteiger partial charge in [-0.25, -0.2) is 0 Å². The third-order valence-corrected chi connectivity index (χ3v) is 4.43. The Morgan fingerprint density at radius 2 is 1.65 bits per heavy atom. The summed E-state index contributed by atoms with van der Waals surface area (Å²) in [4.78, 5) is 4.75. The van der Waals surface area contributed by atoms with Crippen LogP contribution in [0.1, 0.15) is 0 Å². The zero-order valence-corrected chi connectivity index (χ0v) is 13.6. The molecule has 1 aliphatic heterocycles. The molecule has 122 valence electrons. The third kappa shape index (κ3) is 3.66. The zero-order chi connectivity index (χ0) is 16.1. The molecule has 0 bridgehead atoms. The smallest absolute Gasteiger partial charge is 0.118 e. The molecule has 0 radical (unpaired) electrons. The summed E-state index contributed by atoms with van der Waals surface area (Å²) in [5.74, 6) is 0.879. The van der Waals surface area contributed by atoms with E-state index in [9.17, 15) is 0 Å². The van der Waals surface area contributed by atoms with E-state index in [0.29, 0.717) is 0 Å². The lowest BCUT2D eigenvalue weighted by molar-refractivity contribution is 0.189. The van der Waals surface area contributed by atoms with Crippen LogP contribution in [-0.4, -0.2) is 56.4 Å². The van der Waals surface area contributed by atoms with E-state index >= 15 is 0 Å². The molecule has 0 spiro atoms. The van der Waals surface area contributed by atoms with Crippen LogP contribution >= 0.6 is 0 Å². The average Bonchev–Trinajstić information content (AvgIpc) is 2.63. The average molecular weight is 312 g/mol. The standard InChI is InChI=1S/C19H24N2O2/c1-23-17-8-6-16(7-9-17)18-4-2-3-5-19(18)21-12-10-20(11-13-21)14-15-22/h2-9,22H,10-15H2,1H3. The van der Waals surface area contributed by atoms with Gasteiger partial charge in [0.25, 0.3) is 0 Å². The van der Waals surface area contributed by atoms with Gasteiger partial charge in [-0.3, -0.25) is 4.90 Å². The SMILES string of the molecule is COc1ccc(-c2ccccc2N2CCN(CCO)CC2)cc1. The topological polar surface area (TPSA) is 35.9 Å². The van der Waals surface area contributed by atoms with Gasteiger partial charge in [-0.1, -0.05) is 30.3 Å². The number of rotatable bonds is 5. The molecule has 0 aliphatic carbocycles.